The van der Waals surface area contributed by atoms with Crippen LogP contribution in [0.25, 0.3) is 0 Å². The van der Waals surface area contributed by atoms with Crippen LogP contribution in [0.3, 0.4) is 0 Å². The minimum absolute atomic E-state index is 0.736. The summed E-state index contributed by atoms with van der Waals surface area (Å²) in [5.41, 5.74) is 1.34. The van der Waals surface area contributed by atoms with E-state index >= 15 is 0 Å². The monoisotopic (exact) mass is 264 g/mol. The summed E-state index contributed by atoms with van der Waals surface area (Å²) >= 11 is 0. The van der Waals surface area contributed by atoms with Crippen molar-refractivity contribution < 1.29 is 4.74 Å². The summed E-state index contributed by atoms with van der Waals surface area (Å²) in [6.45, 7) is 5.60. The molecule has 108 valence electrons. The molecule has 3 heteroatoms. The molecule has 0 aliphatic carbocycles. The van der Waals surface area contributed by atoms with E-state index in [2.05, 4.69) is 42.4 Å². The van der Waals surface area contributed by atoms with Crippen LogP contribution in [0.4, 0.5) is 0 Å². The number of methoxy groups -OCH3 is 1. The fraction of sp³-hybridized carbons (Fsp3) is 0.625. The van der Waals surface area contributed by atoms with Crippen molar-refractivity contribution in [3.8, 4) is 5.75 Å². The Balaban J connectivity index is 2.38. The Morgan fingerprint density at radius 2 is 2.16 bits per heavy atom. The fourth-order valence-electron chi connectivity index (χ4n) is 2.31. The summed E-state index contributed by atoms with van der Waals surface area (Å²) in [4.78, 5) is 2.42. The van der Waals surface area contributed by atoms with Crippen molar-refractivity contribution >= 4 is 0 Å². The Morgan fingerprint density at radius 1 is 1.37 bits per heavy atom. The van der Waals surface area contributed by atoms with Crippen LogP contribution in [0.5, 0.6) is 5.75 Å². The molecule has 1 aromatic rings. The maximum absolute atomic E-state index is 5.25. The molecule has 0 aliphatic heterocycles. The van der Waals surface area contributed by atoms with Crippen molar-refractivity contribution in [2.75, 3.05) is 40.8 Å². The number of benzene rings is 1. The lowest BCUT2D eigenvalue weighted by molar-refractivity contribution is 0.271. The molecule has 1 atom stereocenters. The van der Waals surface area contributed by atoms with Crippen LogP contribution in [-0.2, 0) is 6.42 Å². The zero-order chi connectivity index (χ0) is 14.1. The van der Waals surface area contributed by atoms with Gasteiger partial charge in [0.05, 0.1) is 7.11 Å². The van der Waals surface area contributed by atoms with Crippen molar-refractivity contribution in [3.05, 3.63) is 29.8 Å². The molecule has 0 radical (unpaired) electrons. The molecule has 1 N–H and O–H groups in total. The van der Waals surface area contributed by atoms with Gasteiger partial charge in [0.15, 0.2) is 0 Å². The van der Waals surface area contributed by atoms with Crippen LogP contribution in [-0.4, -0.2) is 45.7 Å². The predicted molar refractivity (Wildman–Crippen MR) is 81.9 cm³/mol. The van der Waals surface area contributed by atoms with Crippen LogP contribution in [0, 0.1) is 5.92 Å². The van der Waals surface area contributed by atoms with Gasteiger partial charge in [0.1, 0.15) is 5.75 Å². The summed E-state index contributed by atoms with van der Waals surface area (Å²) in [5, 5.41) is 3.27. The van der Waals surface area contributed by atoms with Gasteiger partial charge in [0.2, 0.25) is 0 Å². The Hall–Kier alpha value is -1.06. The van der Waals surface area contributed by atoms with Gasteiger partial charge in [-0.2, -0.15) is 0 Å². The molecule has 0 aliphatic rings. The van der Waals surface area contributed by atoms with E-state index in [4.69, 9.17) is 4.74 Å². The third-order valence-electron chi connectivity index (χ3n) is 3.56. The number of nitrogens with zero attached hydrogens (tertiary/aromatic N) is 1. The molecular formula is C16H28N2O. The Labute approximate surface area is 118 Å². The molecule has 19 heavy (non-hydrogen) atoms. The molecule has 0 amide bonds. The molecule has 0 fully saturated rings. The Bertz CT molecular complexity index is 354. The largest absolute Gasteiger partial charge is 0.497 e. The summed E-state index contributed by atoms with van der Waals surface area (Å²) < 4.78 is 5.25. The first-order chi connectivity index (χ1) is 9.19. The molecule has 1 aromatic carbocycles. The zero-order valence-electron chi connectivity index (χ0n) is 12.8. The SMILES string of the molecule is CCC(CNC)CN(C)CCc1cccc(OC)c1. The van der Waals surface area contributed by atoms with E-state index < -0.39 is 0 Å². The second kappa shape index (κ2) is 8.94. The van der Waals surface area contributed by atoms with Gasteiger partial charge in [-0.1, -0.05) is 25.5 Å². The van der Waals surface area contributed by atoms with Crippen molar-refractivity contribution in [2.24, 2.45) is 5.92 Å². The van der Waals surface area contributed by atoms with Gasteiger partial charge in [0.25, 0.3) is 0 Å². The first kappa shape index (κ1) is 16.0. The first-order valence-corrected chi connectivity index (χ1v) is 7.15. The van der Waals surface area contributed by atoms with Gasteiger partial charge in [-0.25, -0.2) is 0 Å². The highest BCUT2D eigenvalue weighted by molar-refractivity contribution is 5.28. The highest BCUT2D eigenvalue weighted by Gasteiger charge is 2.08. The van der Waals surface area contributed by atoms with Crippen LogP contribution in [0.2, 0.25) is 0 Å². The zero-order valence-corrected chi connectivity index (χ0v) is 12.8. The lowest BCUT2D eigenvalue weighted by Crippen LogP contribution is -2.32. The van der Waals surface area contributed by atoms with Crippen molar-refractivity contribution in [3.63, 3.8) is 0 Å². The minimum atomic E-state index is 0.736. The van der Waals surface area contributed by atoms with E-state index in [0.29, 0.717) is 0 Å². The lowest BCUT2D eigenvalue weighted by atomic mass is 10.1. The third kappa shape index (κ3) is 6.08. The second-order valence-electron chi connectivity index (χ2n) is 5.20. The van der Waals surface area contributed by atoms with Gasteiger partial charge in [-0.3, -0.25) is 0 Å². The van der Waals surface area contributed by atoms with Gasteiger partial charge in [-0.15, -0.1) is 0 Å². The molecule has 1 unspecified atom stereocenters. The van der Waals surface area contributed by atoms with E-state index in [0.717, 1.165) is 37.7 Å². The van der Waals surface area contributed by atoms with Gasteiger partial charge >= 0.3 is 0 Å². The molecule has 0 heterocycles. The summed E-state index contributed by atoms with van der Waals surface area (Å²) in [6, 6.07) is 8.34. The Kier molecular flexibility index (Phi) is 7.53. The number of rotatable bonds is 9. The third-order valence-corrected chi connectivity index (χ3v) is 3.56. The van der Waals surface area contributed by atoms with Crippen LogP contribution >= 0.6 is 0 Å². The van der Waals surface area contributed by atoms with E-state index in [-0.39, 0.29) is 0 Å². The number of hydrogen-bond donors (Lipinski definition) is 1. The van der Waals surface area contributed by atoms with Crippen molar-refractivity contribution in [1.82, 2.24) is 10.2 Å². The maximum atomic E-state index is 5.25. The molecule has 0 saturated heterocycles. The van der Waals surface area contributed by atoms with Gasteiger partial charge < -0.3 is 15.0 Å². The first-order valence-electron chi connectivity index (χ1n) is 7.15. The van der Waals surface area contributed by atoms with Crippen LogP contribution in [0.1, 0.15) is 18.9 Å². The van der Waals surface area contributed by atoms with E-state index in [1.807, 2.05) is 13.1 Å². The molecular weight excluding hydrogens is 236 g/mol. The second-order valence-corrected chi connectivity index (χ2v) is 5.20. The summed E-state index contributed by atoms with van der Waals surface area (Å²) in [6.07, 6.45) is 2.30. The molecule has 0 bridgehead atoms. The molecule has 0 saturated carbocycles. The molecule has 1 rings (SSSR count). The fourth-order valence-corrected chi connectivity index (χ4v) is 2.31. The van der Waals surface area contributed by atoms with E-state index in [1.165, 1.54) is 12.0 Å². The number of nitrogens with one attached hydrogen (secondary N) is 1. The summed E-state index contributed by atoms with van der Waals surface area (Å²) in [7, 11) is 5.95. The highest BCUT2D eigenvalue weighted by atomic mass is 16.5. The van der Waals surface area contributed by atoms with Crippen LogP contribution in [0.15, 0.2) is 24.3 Å². The average molecular weight is 264 g/mol. The quantitative estimate of drug-likeness (QED) is 0.741. The maximum Gasteiger partial charge on any atom is 0.119 e. The molecule has 3 nitrogen and oxygen atoms in total. The van der Waals surface area contributed by atoms with Crippen LogP contribution < -0.4 is 10.1 Å². The number of ether oxygens (including phenoxy) is 1. The topological polar surface area (TPSA) is 24.5 Å². The summed E-state index contributed by atoms with van der Waals surface area (Å²) in [5.74, 6) is 1.68. The smallest absolute Gasteiger partial charge is 0.119 e. The lowest BCUT2D eigenvalue weighted by Gasteiger charge is -2.23. The standard InChI is InChI=1S/C16H28N2O/c1-5-14(12-17-2)13-18(3)10-9-15-7-6-8-16(11-15)19-4/h6-8,11,14,17H,5,9-10,12-13H2,1-4H3. The van der Waals surface area contributed by atoms with E-state index in [9.17, 15) is 0 Å². The minimum Gasteiger partial charge on any atom is -0.497 e. The van der Waals surface area contributed by atoms with Crippen molar-refractivity contribution in [2.45, 2.75) is 19.8 Å². The number of likely N-dealkylation sites (N-methyl/N-ethyl adjacent to an activating group) is 1. The highest BCUT2D eigenvalue weighted by Crippen LogP contribution is 2.13. The molecule has 0 aromatic heterocycles. The molecule has 0 spiro atoms. The normalized spacial score (nSPS) is 12.7. The Morgan fingerprint density at radius 3 is 2.79 bits per heavy atom. The van der Waals surface area contributed by atoms with Gasteiger partial charge in [-0.05, 0) is 50.7 Å². The number of hydrogen-bond acceptors (Lipinski definition) is 3. The van der Waals surface area contributed by atoms with E-state index in [1.54, 1.807) is 7.11 Å². The van der Waals surface area contributed by atoms with Gasteiger partial charge in [0, 0.05) is 13.1 Å². The van der Waals surface area contributed by atoms with Crippen molar-refractivity contribution in [1.29, 1.82) is 0 Å². The predicted octanol–water partition coefficient (Wildman–Crippen LogP) is 2.42. The average Bonchev–Trinajstić information content (AvgIpc) is 2.45.